The number of hydrogen-bond acceptors (Lipinski definition) is 5. The van der Waals surface area contributed by atoms with Crippen LogP contribution in [0.2, 0.25) is 0 Å². The van der Waals surface area contributed by atoms with Crippen molar-refractivity contribution in [1.82, 2.24) is 9.80 Å². The zero-order valence-corrected chi connectivity index (χ0v) is 15.1. The number of rotatable bonds is 6. The normalized spacial score (nSPS) is 19.5. The Morgan fingerprint density at radius 3 is 2.52 bits per heavy atom. The summed E-state index contributed by atoms with van der Waals surface area (Å²) in [5.41, 5.74) is -0.977. The Kier molecular flexibility index (Phi) is 6.33. The average molecular weight is 374 g/mol. The summed E-state index contributed by atoms with van der Waals surface area (Å²) >= 11 is 0. The highest BCUT2D eigenvalue weighted by Crippen LogP contribution is 2.36. The number of carboxylic acid groups (broad SMARTS) is 1. The van der Waals surface area contributed by atoms with Gasteiger partial charge in [-0.25, -0.2) is 4.79 Å². The van der Waals surface area contributed by atoms with Gasteiger partial charge in [0, 0.05) is 18.5 Å². The van der Waals surface area contributed by atoms with E-state index in [-0.39, 0.29) is 38.0 Å². The van der Waals surface area contributed by atoms with Crippen LogP contribution in [0.5, 0.6) is 0 Å². The Balaban J connectivity index is 2.40. The van der Waals surface area contributed by atoms with Gasteiger partial charge >= 0.3 is 12.1 Å². The summed E-state index contributed by atoms with van der Waals surface area (Å²) in [6.07, 6.45) is 0.348. The fraction of sp³-hybridized carbons (Fsp3) is 0.368. The van der Waals surface area contributed by atoms with E-state index in [9.17, 15) is 24.3 Å². The number of carbonyl (C=O) groups is 4. The minimum absolute atomic E-state index is 0.0485. The monoisotopic (exact) mass is 374 g/mol. The predicted octanol–water partition coefficient (Wildman–Crippen LogP) is 2.12. The van der Waals surface area contributed by atoms with E-state index in [4.69, 9.17) is 0 Å². The topological polar surface area (TPSA) is 104 Å². The number of allylic oxidation sites excluding steroid dienone is 1. The Labute approximate surface area is 157 Å². The molecule has 1 atom stereocenters. The van der Waals surface area contributed by atoms with Crippen molar-refractivity contribution < 1.29 is 29.0 Å². The zero-order chi connectivity index (χ0) is 20.0. The van der Waals surface area contributed by atoms with E-state index in [0.717, 1.165) is 9.80 Å². The van der Waals surface area contributed by atoms with Crippen molar-refractivity contribution in [2.75, 3.05) is 20.3 Å². The number of nitrogens with zero attached hydrogens (tertiary/aromatic N) is 2. The smallest absolute Gasteiger partial charge is 0.408 e. The van der Waals surface area contributed by atoms with Crippen LogP contribution in [0.3, 0.4) is 0 Å². The first-order valence-corrected chi connectivity index (χ1v) is 8.41. The van der Waals surface area contributed by atoms with Gasteiger partial charge < -0.3 is 9.84 Å². The molecule has 1 aromatic carbocycles. The molecule has 144 valence electrons. The van der Waals surface area contributed by atoms with Gasteiger partial charge in [-0.2, -0.15) is 0 Å². The molecule has 8 nitrogen and oxygen atoms in total. The van der Waals surface area contributed by atoms with Gasteiger partial charge in [0.1, 0.15) is 6.67 Å². The van der Waals surface area contributed by atoms with Crippen molar-refractivity contribution in [3.8, 4) is 0 Å². The molecule has 1 unspecified atom stereocenters. The molecule has 27 heavy (non-hydrogen) atoms. The number of benzene rings is 1. The lowest BCUT2D eigenvalue weighted by atomic mass is 9.76. The zero-order valence-electron chi connectivity index (χ0n) is 15.1. The lowest BCUT2D eigenvalue weighted by Gasteiger charge is -2.44. The minimum atomic E-state index is -1.25. The summed E-state index contributed by atoms with van der Waals surface area (Å²) < 4.78 is 4.63. The maximum atomic E-state index is 13.2. The van der Waals surface area contributed by atoms with E-state index >= 15 is 0 Å². The largest absolute Gasteiger partial charge is 0.469 e. The molecule has 3 amide bonds. The SMILES string of the molecule is C=CCC1(CCC(=O)OC)CN(C(=O)O)CN(C(=O)c2ccccc2)C1=O. The van der Waals surface area contributed by atoms with E-state index in [0.29, 0.717) is 0 Å². The quantitative estimate of drug-likeness (QED) is 0.465. The van der Waals surface area contributed by atoms with Crippen LogP contribution in [-0.2, 0) is 14.3 Å². The van der Waals surface area contributed by atoms with Crippen molar-refractivity contribution in [2.45, 2.75) is 19.3 Å². The number of hydrogen-bond donors (Lipinski definition) is 1. The summed E-state index contributed by atoms with van der Waals surface area (Å²) in [5, 5.41) is 9.48. The Morgan fingerprint density at radius 2 is 1.96 bits per heavy atom. The molecule has 1 aliphatic rings. The van der Waals surface area contributed by atoms with Crippen LogP contribution in [-0.4, -0.2) is 59.1 Å². The number of imide groups is 1. The van der Waals surface area contributed by atoms with Gasteiger partial charge in [-0.05, 0) is 25.0 Å². The molecule has 0 saturated carbocycles. The van der Waals surface area contributed by atoms with Crippen LogP contribution in [0, 0.1) is 5.41 Å². The maximum absolute atomic E-state index is 13.2. The molecule has 0 bridgehead atoms. The number of esters is 1. The fourth-order valence-electron chi connectivity index (χ4n) is 3.18. The summed E-state index contributed by atoms with van der Waals surface area (Å²) in [5.74, 6) is -1.62. The van der Waals surface area contributed by atoms with E-state index in [1.54, 1.807) is 30.3 Å². The standard InChI is InChI=1S/C19H22N2O6/c1-3-10-19(11-9-15(22)27-2)12-20(18(25)26)13-21(17(19)24)16(23)14-7-5-4-6-8-14/h3-8H,1,9-13H2,2H3,(H,25,26). The van der Waals surface area contributed by atoms with Crippen molar-refractivity contribution in [1.29, 1.82) is 0 Å². The van der Waals surface area contributed by atoms with Crippen LogP contribution in [0.25, 0.3) is 0 Å². The molecule has 0 spiro atoms. The summed E-state index contributed by atoms with van der Waals surface area (Å²) in [4.78, 5) is 51.2. The third-order valence-corrected chi connectivity index (χ3v) is 4.61. The number of methoxy groups -OCH3 is 1. The molecular weight excluding hydrogens is 352 g/mol. The van der Waals surface area contributed by atoms with Crippen LogP contribution in [0.15, 0.2) is 43.0 Å². The molecule has 1 fully saturated rings. The van der Waals surface area contributed by atoms with Crippen molar-refractivity contribution in [3.05, 3.63) is 48.6 Å². The van der Waals surface area contributed by atoms with Crippen LogP contribution < -0.4 is 0 Å². The molecule has 1 saturated heterocycles. The third-order valence-electron chi connectivity index (χ3n) is 4.61. The predicted molar refractivity (Wildman–Crippen MR) is 95.7 cm³/mol. The van der Waals surface area contributed by atoms with Gasteiger partial charge in [-0.3, -0.25) is 24.2 Å². The third kappa shape index (κ3) is 4.33. The fourth-order valence-corrected chi connectivity index (χ4v) is 3.18. The number of ether oxygens (including phenoxy) is 1. The van der Waals surface area contributed by atoms with Gasteiger partial charge in [-0.1, -0.05) is 24.3 Å². The Bertz CT molecular complexity index is 748. The first-order valence-electron chi connectivity index (χ1n) is 8.41. The van der Waals surface area contributed by atoms with Crippen molar-refractivity contribution >= 4 is 23.9 Å². The van der Waals surface area contributed by atoms with Crippen LogP contribution in [0.1, 0.15) is 29.6 Å². The van der Waals surface area contributed by atoms with Crippen molar-refractivity contribution in [3.63, 3.8) is 0 Å². The van der Waals surface area contributed by atoms with Crippen molar-refractivity contribution in [2.24, 2.45) is 5.41 Å². The van der Waals surface area contributed by atoms with Gasteiger partial charge in [0.15, 0.2) is 0 Å². The molecule has 1 heterocycles. The molecule has 0 aromatic heterocycles. The molecule has 2 rings (SSSR count). The second-order valence-corrected chi connectivity index (χ2v) is 6.38. The highest BCUT2D eigenvalue weighted by Gasteiger charge is 2.49. The second kappa shape index (κ2) is 8.48. The van der Waals surface area contributed by atoms with E-state index in [1.165, 1.54) is 13.2 Å². The first-order chi connectivity index (χ1) is 12.8. The maximum Gasteiger partial charge on any atom is 0.408 e. The molecule has 1 N–H and O–H groups in total. The lowest BCUT2D eigenvalue weighted by molar-refractivity contribution is -0.150. The first kappa shape index (κ1) is 20.2. The molecule has 0 radical (unpaired) electrons. The van der Waals surface area contributed by atoms with Gasteiger partial charge in [-0.15, -0.1) is 6.58 Å². The molecule has 0 aliphatic carbocycles. The summed E-state index contributed by atoms with van der Waals surface area (Å²) in [6, 6.07) is 8.16. The average Bonchev–Trinajstić information content (AvgIpc) is 2.68. The number of amides is 3. The highest BCUT2D eigenvalue weighted by molar-refractivity contribution is 6.07. The minimum Gasteiger partial charge on any atom is -0.469 e. The number of carbonyl (C=O) groups excluding carboxylic acids is 3. The summed E-state index contributed by atoms with van der Waals surface area (Å²) in [6.45, 7) is 3.16. The van der Waals surface area contributed by atoms with E-state index in [2.05, 4.69) is 11.3 Å². The van der Waals surface area contributed by atoms with Crippen LogP contribution in [0.4, 0.5) is 4.79 Å². The molecule has 1 aliphatic heterocycles. The molecular formula is C19H22N2O6. The van der Waals surface area contributed by atoms with Gasteiger partial charge in [0.2, 0.25) is 5.91 Å². The highest BCUT2D eigenvalue weighted by atomic mass is 16.5. The summed E-state index contributed by atoms with van der Waals surface area (Å²) in [7, 11) is 1.24. The van der Waals surface area contributed by atoms with Gasteiger partial charge in [0.25, 0.3) is 5.91 Å². The van der Waals surface area contributed by atoms with Crippen LogP contribution >= 0.6 is 0 Å². The Morgan fingerprint density at radius 1 is 1.30 bits per heavy atom. The lowest BCUT2D eigenvalue weighted by Crippen LogP contribution is -2.61. The molecule has 1 aromatic rings. The molecule has 8 heteroatoms. The van der Waals surface area contributed by atoms with Gasteiger partial charge in [0.05, 0.1) is 12.5 Å². The van der Waals surface area contributed by atoms with E-state index in [1.807, 2.05) is 0 Å². The van der Waals surface area contributed by atoms with E-state index < -0.39 is 29.3 Å². The second-order valence-electron chi connectivity index (χ2n) is 6.38. The Hall–Kier alpha value is -3.16.